The molecule has 0 saturated heterocycles. The highest BCUT2D eigenvalue weighted by atomic mass is 19.1. The molecule has 1 rings (SSSR count). The Balaban J connectivity index is 2.71. The van der Waals surface area contributed by atoms with E-state index in [0.29, 0.717) is 0 Å². The van der Waals surface area contributed by atoms with Crippen LogP contribution in [0.15, 0.2) is 18.2 Å². The number of halogens is 1. The number of nitrogens with one attached hydrogen (secondary N) is 1. The number of carbonyl (C=O) groups is 1. The summed E-state index contributed by atoms with van der Waals surface area (Å²) in [6, 6.07) is 5.38. The van der Waals surface area contributed by atoms with E-state index in [-0.39, 0.29) is 17.7 Å². The Morgan fingerprint density at radius 3 is 2.64 bits per heavy atom. The maximum Gasteiger partial charge on any atom is 0.407 e. The van der Waals surface area contributed by atoms with E-state index in [9.17, 15) is 19.4 Å². The molecule has 0 bridgehead atoms. The van der Waals surface area contributed by atoms with E-state index in [1.165, 1.54) is 12.1 Å². The van der Waals surface area contributed by atoms with Crippen molar-refractivity contribution in [2.75, 3.05) is 6.54 Å². The lowest BCUT2D eigenvalue weighted by Crippen LogP contribution is -2.39. The van der Waals surface area contributed by atoms with Crippen LogP contribution < -0.4 is 5.32 Å². The van der Waals surface area contributed by atoms with Crippen molar-refractivity contribution >= 4 is 6.09 Å². The van der Waals surface area contributed by atoms with Crippen molar-refractivity contribution in [2.45, 2.75) is 38.6 Å². The fraction of sp³-hybridized carbons (Fsp3) is 0.467. The first-order valence-corrected chi connectivity index (χ1v) is 6.67. The number of benzene rings is 1. The number of hydrogen-bond donors (Lipinski definition) is 3. The van der Waals surface area contributed by atoms with E-state index in [1.807, 2.05) is 0 Å². The van der Waals surface area contributed by atoms with Crippen molar-refractivity contribution in [3.63, 3.8) is 0 Å². The van der Waals surface area contributed by atoms with Crippen molar-refractivity contribution in [1.82, 2.24) is 5.32 Å². The van der Waals surface area contributed by atoms with E-state index in [1.54, 1.807) is 26.8 Å². The zero-order valence-corrected chi connectivity index (χ0v) is 12.6. The topological polar surface area (TPSA) is 103 Å². The lowest BCUT2D eigenvalue weighted by Gasteiger charge is -2.22. The highest BCUT2D eigenvalue weighted by Gasteiger charge is 2.24. The summed E-state index contributed by atoms with van der Waals surface area (Å²) in [6.45, 7) is 4.74. The Kier molecular flexibility index (Phi) is 5.85. The molecular formula is C15H19FN2O4. The van der Waals surface area contributed by atoms with Crippen LogP contribution in [-0.2, 0) is 4.74 Å². The summed E-state index contributed by atoms with van der Waals surface area (Å²) in [4.78, 5) is 11.5. The Bertz CT molecular complexity index is 578. The van der Waals surface area contributed by atoms with Gasteiger partial charge in [0.1, 0.15) is 29.7 Å². The van der Waals surface area contributed by atoms with Crippen LogP contribution in [0.1, 0.15) is 38.0 Å². The van der Waals surface area contributed by atoms with Crippen LogP contribution in [0.2, 0.25) is 0 Å². The van der Waals surface area contributed by atoms with Gasteiger partial charge in [0.2, 0.25) is 0 Å². The fourth-order valence-corrected chi connectivity index (χ4v) is 1.73. The van der Waals surface area contributed by atoms with Crippen molar-refractivity contribution in [2.24, 2.45) is 0 Å². The van der Waals surface area contributed by atoms with E-state index in [2.05, 4.69) is 5.32 Å². The zero-order valence-electron chi connectivity index (χ0n) is 12.6. The van der Waals surface area contributed by atoms with Crippen molar-refractivity contribution in [3.8, 4) is 6.07 Å². The fourth-order valence-electron chi connectivity index (χ4n) is 1.73. The Morgan fingerprint density at radius 1 is 1.45 bits per heavy atom. The maximum atomic E-state index is 13.5. The Hall–Kier alpha value is -2.17. The third-order valence-electron chi connectivity index (χ3n) is 2.70. The van der Waals surface area contributed by atoms with Crippen LogP contribution >= 0.6 is 0 Å². The van der Waals surface area contributed by atoms with Gasteiger partial charge in [0.25, 0.3) is 0 Å². The third kappa shape index (κ3) is 4.98. The summed E-state index contributed by atoms with van der Waals surface area (Å²) in [5, 5.41) is 31.1. The molecule has 120 valence electrons. The highest BCUT2D eigenvalue weighted by molar-refractivity contribution is 5.67. The van der Waals surface area contributed by atoms with Gasteiger partial charge in [-0.3, -0.25) is 0 Å². The molecule has 0 fully saturated rings. The second-order valence-corrected chi connectivity index (χ2v) is 5.71. The summed E-state index contributed by atoms with van der Waals surface area (Å²) < 4.78 is 18.5. The average molecular weight is 310 g/mol. The molecule has 2 unspecified atom stereocenters. The van der Waals surface area contributed by atoms with Gasteiger partial charge < -0.3 is 20.3 Å². The molecule has 7 heteroatoms. The predicted octanol–water partition coefficient (Wildman–Crippen LogP) is 1.62. The number of nitriles is 1. The van der Waals surface area contributed by atoms with Crippen LogP contribution in [0.3, 0.4) is 0 Å². The Labute approximate surface area is 128 Å². The van der Waals surface area contributed by atoms with Gasteiger partial charge in [0.15, 0.2) is 0 Å². The van der Waals surface area contributed by atoms with E-state index < -0.39 is 29.7 Å². The van der Waals surface area contributed by atoms with Crippen LogP contribution in [0, 0.1) is 17.1 Å². The minimum atomic E-state index is -1.51. The number of aliphatic hydroxyl groups excluding tert-OH is 2. The summed E-state index contributed by atoms with van der Waals surface area (Å²) in [7, 11) is 0. The van der Waals surface area contributed by atoms with Gasteiger partial charge >= 0.3 is 6.09 Å². The van der Waals surface area contributed by atoms with Gasteiger partial charge in [-0.2, -0.15) is 5.26 Å². The first kappa shape index (κ1) is 17.9. The molecule has 2 atom stereocenters. The molecule has 6 nitrogen and oxygen atoms in total. The van der Waals surface area contributed by atoms with E-state index in [4.69, 9.17) is 10.00 Å². The molecule has 0 radical (unpaired) electrons. The minimum Gasteiger partial charge on any atom is -0.444 e. The number of alkyl carbamates (subject to hydrolysis) is 1. The number of carbonyl (C=O) groups excluding carboxylic acids is 1. The van der Waals surface area contributed by atoms with E-state index >= 15 is 0 Å². The van der Waals surface area contributed by atoms with Crippen LogP contribution in [0.4, 0.5) is 9.18 Å². The second kappa shape index (κ2) is 7.20. The number of ether oxygens (including phenoxy) is 1. The summed E-state index contributed by atoms with van der Waals surface area (Å²) in [5.74, 6) is -0.786. The first-order chi connectivity index (χ1) is 10.2. The minimum absolute atomic E-state index is 0.0408. The number of nitrogens with zero attached hydrogens (tertiary/aromatic N) is 1. The monoisotopic (exact) mass is 310 g/mol. The van der Waals surface area contributed by atoms with E-state index in [0.717, 1.165) is 6.07 Å². The standard InChI is InChI=1S/C15H19FN2O4/c1-15(2,3)22-14(21)18-8-12(19)13(20)9-5-4-6-11(16)10(9)7-17/h4-6,12-13,19-20H,8H2,1-3H3,(H,18,21). The first-order valence-electron chi connectivity index (χ1n) is 6.67. The van der Waals surface area contributed by atoms with Crippen LogP contribution in [-0.4, -0.2) is 34.6 Å². The molecule has 0 aliphatic carbocycles. The molecule has 0 aliphatic heterocycles. The van der Waals surface area contributed by atoms with Gasteiger partial charge in [0, 0.05) is 12.1 Å². The Morgan fingerprint density at radius 2 is 2.09 bits per heavy atom. The van der Waals surface area contributed by atoms with Crippen LogP contribution in [0.25, 0.3) is 0 Å². The quantitative estimate of drug-likeness (QED) is 0.784. The lowest BCUT2D eigenvalue weighted by atomic mass is 9.99. The van der Waals surface area contributed by atoms with Gasteiger partial charge in [-0.25, -0.2) is 9.18 Å². The SMILES string of the molecule is CC(C)(C)OC(=O)NCC(O)C(O)c1cccc(F)c1C#N. The number of hydrogen-bond acceptors (Lipinski definition) is 5. The average Bonchev–Trinajstić information content (AvgIpc) is 2.41. The van der Waals surface area contributed by atoms with Crippen molar-refractivity contribution < 1.29 is 24.1 Å². The molecule has 0 aliphatic rings. The molecule has 0 spiro atoms. The van der Waals surface area contributed by atoms with Gasteiger partial charge in [-0.15, -0.1) is 0 Å². The molecule has 1 aromatic carbocycles. The highest BCUT2D eigenvalue weighted by Crippen LogP contribution is 2.22. The molecule has 3 N–H and O–H groups in total. The molecule has 1 amide bonds. The number of amides is 1. The smallest absolute Gasteiger partial charge is 0.407 e. The summed E-state index contributed by atoms with van der Waals surface area (Å²) in [6.07, 6.45) is -3.68. The largest absolute Gasteiger partial charge is 0.444 e. The number of rotatable bonds is 4. The zero-order chi connectivity index (χ0) is 16.9. The van der Waals surface area contributed by atoms with Gasteiger partial charge in [-0.05, 0) is 26.8 Å². The summed E-state index contributed by atoms with van der Waals surface area (Å²) in [5.41, 5.74) is -1.07. The van der Waals surface area contributed by atoms with Gasteiger partial charge in [0.05, 0.1) is 5.56 Å². The maximum absolute atomic E-state index is 13.5. The van der Waals surface area contributed by atoms with Gasteiger partial charge in [-0.1, -0.05) is 12.1 Å². The normalized spacial score (nSPS) is 13.9. The summed E-state index contributed by atoms with van der Waals surface area (Å²) >= 11 is 0. The van der Waals surface area contributed by atoms with Crippen molar-refractivity contribution in [3.05, 3.63) is 35.1 Å². The molecule has 22 heavy (non-hydrogen) atoms. The second-order valence-electron chi connectivity index (χ2n) is 5.71. The predicted molar refractivity (Wildman–Crippen MR) is 76.3 cm³/mol. The molecule has 0 heterocycles. The molecular weight excluding hydrogens is 291 g/mol. The molecule has 0 aromatic heterocycles. The number of aliphatic hydroxyl groups is 2. The molecule has 1 aromatic rings. The lowest BCUT2D eigenvalue weighted by molar-refractivity contribution is 0.0127. The molecule has 0 saturated carbocycles. The third-order valence-corrected chi connectivity index (χ3v) is 2.70. The van der Waals surface area contributed by atoms with Crippen LogP contribution in [0.5, 0.6) is 0 Å². The van der Waals surface area contributed by atoms with Crippen molar-refractivity contribution in [1.29, 1.82) is 5.26 Å².